The Morgan fingerprint density at radius 1 is 1.15 bits per heavy atom. The average Bonchev–Trinajstić information content (AvgIpc) is 3.58. The summed E-state index contributed by atoms with van der Waals surface area (Å²) in [6.45, 7) is 5.04. The number of aryl methyl sites for hydroxylation is 2. The SMILES string of the molecule is Cc1ccc(-c2csc(Nc3ccc(-c4noc(C[C@@H]5CCCN5C(=N)N)n4)cc3)n2)cc1C. The van der Waals surface area contributed by atoms with Crippen LogP contribution in [0.5, 0.6) is 0 Å². The fourth-order valence-corrected chi connectivity index (χ4v) is 4.95. The first-order chi connectivity index (χ1) is 16.5. The molecule has 4 aromatic rings. The summed E-state index contributed by atoms with van der Waals surface area (Å²) in [6.07, 6.45) is 2.59. The highest BCUT2D eigenvalue weighted by molar-refractivity contribution is 7.14. The summed E-state index contributed by atoms with van der Waals surface area (Å²) in [5.41, 5.74) is 12.1. The lowest BCUT2D eigenvalue weighted by Crippen LogP contribution is -2.41. The number of hydrogen-bond acceptors (Lipinski definition) is 7. The summed E-state index contributed by atoms with van der Waals surface area (Å²) in [5, 5.41) is 18.1. The van der Waals surface area contributed by atoms with Gasteiger partial charge in [-0.1, -0.05) is 17.3 Å². The molecular weight excluding hydrogens is 446 g/mol. The number of nitrogens with two attached hydrogens (primary N) is 1. The topological polar surface area (TPSA) is 117 Å². The molecule has 0 saturated carbocycles. The van der Waals surface area contributed by atoms with Crippen LogP contribution < -0.4 is 11.1 Å². The van der Waals surface area contributed by atoms with Gasteiger partial charge in [0.25, 0.3) is 0 Å². The number of aromatic nitrogens is 3. The standard InChI is InChI=1S/C25H27N7OS/c1-15-5-6-18(12-16(15)2)21-14-34-25(29-21)28-19-9-7-17(8-10-19)23-30-22(33-31-23)13-20-4-3-11-32(20)24(26)27/h5-10,12,14,20H,3-4,11,13H2,1-2H3,(H3,26,27)(H,28,29)/t20-/m0/s1. The van der Waals surface area contributed by atoms with Gasteiger partial charge in [0.15, 0.2) is 11.1 Å². The van der Waals surface area contributed by atoms with Crippen LogP contribution in [0.2, 0.25) is 0 Å². The molecule has 3 heterocycles. The zero-order valence-corrected chi connectivity index (χ0v) is 20.0. The number of hydrogen-bond donors (Lipinski definition) is 3. The molecule has 0 aliphatic carbocycles. The quantitative estimate of drug-likeness (QED) is 0.263. The number of guanidine groups is 1. The Balaban J connectivity index is 1.24. The smallest absolute Gasteiger partial charge is 0.229 e. The van der Waals surface area contributed by atoms with Crippen LogP contribution in [-0.4, -0.2) is 38.6 Å². The minimum absolute atomic E-state index is 0.103. The maximum atomic E-state index is 7.72. The van der Waals surface area contributed by atoms with Gasteiger partial charge >= 0.3 is 0 Å². The van der Waals surface area contributed by atoms with Crippen molar-refractivity contribution in [2.45, 2.75) is 39.2 Å². The fourth-order valence-electron chi connectivity index (χ4n) is 4.21. The van der Waals surface area contributed by atoms with Crippen molar-refractivity contribution >= 4 is 28.1 Å². The number of nitrogens with zero attached hydrogens (tertiary/aromatic N) is 4. The predicted molar refractivity (Wildman–Crippen MR) is 135 cm³/mol. The van der Waals surface area contributed by atoms with E-state index in [2.05, 4.69) is 52.9 Å². The van der Waals surface area contributed by atoms with Gasteiger partial charge in [-0.2, -0.15) is 4.98 Å². The maximum Gasteiger partial charge on any atom is 0.229 e. The lowest BCUT2D eigenvalue weighted by molar-refractivity contribution is 0.320. The molecule has 9 heteroatoms. The Morgan fingerprint density at radius 2 is 1.94 bits per heavy atom. The number of rotatable bonds is 6. The van der Waals surface area contributed by atoms with Gasteiger partial charge < -0.3 is 20.5 Å². The van der Waals surface area contributed by atoms with Crippen LogP contribution in [0.4, 0.5) is 10.8 Å². The van der Waals surface area contributed by atoms with E-state index in [0.29, 0.717) is 18.1 Å². The molecule has 4 N–H and O–H groups in total. The van der Waals surface area contributed by atoms with E-state index in [1.165, 1.54) is 11.1 Å². The molecule has 0 amide bonds. The predicted octanol–water partition coefficient (Wildman–Crippen LogP) is 5.12. The van der Waals surface area contributed by atoms with Crippen LogP contribution in [-0.2, 0) is 6.42 Å². The van der Waals surface area contributed by atoms with Crippen LogP contribution in [0, 0.1) is 19.3 Å². The molecule has 1 fully saturated rings. The van der Waals surface area contributed by atoms with E-state index >= 15 is 0 Å². The van der Waals surface area contributed by atoms with Crippen molar-refractivity contribution < 1.29 is 4.52 Å². The third-order valence-electron chi connectivity index (χ3n) is 6.27. The van der Waals surface area contributed by atoms with Gasteiger partial charge in [0.1, 0.15) is 0 Å². The Kier molecular flexibility index (Phi) is 6.02. The molecular formula is C25H27N7OS. The lowest BCUT2D eigenvalue weighted by atomic mass is 10.1. The average molecular weight is 474 g/mol. The summed E-state index contributed by atoms with van der Waals surface area (Å²) in [7, 11) is 0. The third-order valence-corrected chi connectivity index (χ3v) is 7.02. The first-order valence-corrected chi connectivity index (χ1v) is 12.2. The second kappa shape index (κ2) is 9.26. The molecule has 1 saturated heterocycles. The molecule has 1 aliphatic heterocycles. The first-order valence-electron chi connectivity index (χ1n) is 11.3. The van der Waals surface area contributed by atoms with Crippen molar-refractivity contribution in [1.82, 2.24) is 20.0 Å². The Labute approximate surface area is 202 Å². The molecule has 174 valence electrons. The molecule has 0 unspecified atom stereocenters. The van der Waals surface area contributed by atoms with Gasteiger partial charge in [-0.15, -0.1) is 11.3 Å². The Bertz CT molecular complexity index is 1310. The number of likely N-dealkylation sites (tertiary alicyclic amines) is 1. The number of thiazole rings is 1. The van der Waals surface area contributed by atoms with Crippen molar-refractivity contribution in [3.63, 3.8) is 0 Å². The summed E-state index contributed by atoms with van der Waals surface area (Å²) in [6, 6.07) is 14.5. The zero-order chi connectivity index (χ0) is 23.7. The van der Waals surface area contributed by atoms with Crippen molar-refractivity contribution in [2.75, 3.05) is 11.9 Å². The minimum atomic E-state index is 0.103. The summed E-state index contributed by atoms with van der Waals surface area (Å²) < 4.78 is 5.47. The molecule has 1 atom stereocenters. The molecule has 2 aromatic heterocycles. The second-order valence-electron chi connectivity index (χ2n) is 8.63. The van der Waals surface area contributed by atoms with Gasteiger partial charge in [-0.3, -0.25) is 5.41 Å². The van der Waals surface area contributed by atoms with Crippen LogP contribution in [0.3, 0.4) is 0 Å². The van der Waals surface area contributed by atoms with Crippen molar-refractivity contribution in [3.8, 4) is 22.6 Å². The number of anilines is 2. The molecule has 0 bridgehead atoms. The van der Waals surface area contributed by atoms with E-state index in [-0.39, 0.29) is 12.0 Å². The zero-order valence-electron chi connectivity index (χ0n) is 19.2. The first kappa shape index (κ1) is 22.1. The van der Waals surface area contributed by atoms with Gasteiger partial charge in [0.2, 0.25) is 11.7 Å². The molecule has 1 aliphatic rings. The minimum Gasteiger partial charge on any atom is -0.370 e. The highest BCUT2D eigenvalue weighted by Crippen LogP contribution is 2.29. The van der Waals surface area contributed by atoms with Crippen LogP contribution >= 0.6 is 11.3 Å². The molecule has 34 heavy (non-hydrogen) atoms. The van der Waals surface area contributed by atoms with Gasteiger partial charge in [-0.05, 0) is 68.1 Å². The van der Waals surface area contributed by atoms with E-state index in [1.54, 1.807) is 11.3 Å². The van der Waals surface area contributed by atoms with Crippen molar-refractivity contribution in [2.24, 2.45) is 5.73 Å². The largest absolute Gasteiger partial charge is 0.370 e. The van der Waals surface area contributed by atoms with Gasteiger partial charge in [0.05, 0.1) is 5.69 Å². The van der Waals surface area contributed by atoms with E-state index in [9.17, 15) is 0 Å². The molecule has 5 rings (SSSR count). The summed E-state index contributed by atoms with van der Waals surface area (Å²) in [4.78, 5) is 11.2. The monoisotopic (exact) mass is 473 g/mol. The molecule has 8 nitrogen and oxygen atoms in total. The van der Waals surface area contributed by atoms with E-state index in [1.807, 2.05) is 29.2 Å². The van der Waals surface area contributed by atoms with E-state index in [4.69, 9.17) is 20.7 Å². The van der Waals surface area contributed by atoms with E-state index < -0.39 is 0 Å². The van der Waals surface area contributed by atoms with Crippen LogP contribution in [0.15, 0.2) is 52.4 Å². The lowest BCUT2D eigenvalue weighted by Gasteiger charge is -2.23. The Hall–Kier alpha value is -3.72. The van der Waals surface area contributed by atoms with Crippen molar-refractivity contribution in [1.29, 1.82) is 5.41 Å². The van der Waals surface area contributed by atoms with Gasteiger partial charge in [0, 0.05) is 41.2 Å². The molecule has 0 radical (unpaired) electrons. The normalized spacial score (nSPS) is 15.6. The second-order valence-corrected chi connectivity index (χ2v) is 9.49. The van der Waals surface area contributed by atoms with Crippen LogP contribution in [0.1, 0.15) is 29.9 Å². The van der Waals surface area contributed by atoms with E-state index in [0.717, 1.165) is 47.0 Å². The van der Waals surface area contributed by atoms with Gasteiger partial charge in [-0.25, -0.2) is 4.98 Å². The third kappa shape index (κ3) is 4.65. The fraction of sp³-hybridized carbons (Fsp3) is 0.280. The molecule has 0 spiro atoms. The summed E-state index contributed by atoms with van der Waals surface area (Å²) >= 11 is 1.58. The highest BCUT2D eigenvalue weighted by atomic mass is 32.1. The number of nitrogens with one attached hydrogen (secondary N) is 2. The molecule has 2 aromatic carbocycles. The van der Waals surface area contributed by atoms with Crippen molar-refractivity contribution in [3.05, 3.63) is 64.9 Å². The maximum absolute atomic E-state index is 7.72. The highest BCUT2D eigenvalue weighted by Gasteiger charge is 2.27. The Morgan fingerprint density at radius 3 is 2.71 bits per heavy atom. The van der Waals surface area contributed by atoms with Crippen LogP contribution in [0.25, 0.3) is 22.6 Å². The number of benzene rings is 2. The summed E-state index contributed by atoms with van der Waals surface area (Å²) in [5.74, 6) is 1.23.